The average Bonchev–Trinajstić information content (AvgIpc) is 3.53. The van der Waals surface area contributed by atoms with E-state index in [0.29, 0.717) is 11.5 Å². The Balaban J connectivity index is 1.74. The molecule has 31 heavy (non-hydrogen) atoms. The van der Waals surface area contributed by atoms with Gasteiger partial charge in [-0.1, -0.05) is 51.3 Å². The summed E-state index contributed by atoms with van der Waals surface area (Å²) < 4.78 is 16.3. The minimum Gasteiger partial charge on any atom is -0.455 e. The molecule has 6 nitrogen and oxygen atoms in total. The zero-order valence-corrected chi connectivity index (χ0v) is 17.9. The molecule has 0 amide bonds. The summed E-state index contributed by atoms with van der Waals surface area (Å²) in [6.45, 7) is 12.5. The summed E-state index contributed by atoms with van der Waals surface area (Å²) in [6.07, 6.45) is 2.22. The van der Waals surface area contributed by atoms with Crippen molar-refractivity contribution in [3.8, 4) is 11.5 Å². The molecule has 0 saturated carbocycles. The van der Waals surface area contributed by atoms with Crippen LogP contribution in [0.5, 0.6) is 11.5 Å². The predicted octanol–water partition coefficient (Wildman–Crippen LogP) is 3.72. The summed E-state index contributed by atoms with van der Waals surface area (Å²) in [5, 5.41) is 10.1. The van der Waals surface area contributed by atoms with Crippen LogP contribution in [0, 0.1) is 0 Å². The molecule has 1 N–H and O–H groups in total. The highest BCUT2D eigenvalue weighted by molar-refractivity contribution is 5.97. The van der Waals surface area contributed by atoms with Gasteiger partial charge in [0.05, 0.1) is 0 Å². The van der Waals surface area contributed by atoms with Crippen LogP contribution in [-0.2, 0) is 19.7 Å². The molecule has 0 aromatic heterocycles. The van der Waals surface area contributed by atoms with Crippen LogP contribution in [0.25, 0.3) is 0 Å². The average molecular weight is 422 g/mol. The van der Waals surface area contributed by atoms with E-state index in [1.165, 1.54) is 13.0 Å². The summed E-state index contributed by atoms with van der Waals surface area (Å²) in [4.78, 5) is 23.5. The maximum Gasteiger partial charge on any atom is 0.298 e. The van der Waals surface area contributed by atoms with E-state index in [1.54, 1.807) is 24.3 Å². The lowest BCUT2D eigenvalue weighted by atomic mass is 9.78. The molecule has 0 spiro atoms. The van der Waals surface area contributed by atoms with Crippen molar-refractivity contribution in [1.82, 2.24) is 0 Å². The zero-order valence-electron chi connectivity index (χ0n) is 17.9. The minimum absolute atomic E-state index is 0.213. The van der Waals surface area contributed by atoms with Gasteiger partial charge >= 0.3 is 0 Å². The highest BCUT2D eigenvalue weighted by Crippen LogP contribution is 2.36. The van der Waals surface area contributed by atoms with Crippen molar-refractivity contribution in [2.75, 3.05) is 6.61 Å². The van der Waals surface area contributed by atoms with E-state index in [2.05, 4.69) is 27.0 Å². The lowest BCUT2D eigenvalue weighted by molar-refractivity contribution is -0.161. The summed E-state index contributed by atoms with van der Waals surface area (Å²) in [6, 6.07) is 14.6. The third kappa shape index (κ3) is 4.60. The van der Waals surface area contributed by atoms with Gasteiger partial charge < -0.3 is 19.3 Å². The van der Waals surface area contributed by atoms with Crippen molar-refractivity contribution < 1.29 is 28.9 Å². The first-order valence-corrected chi connectivity index (χ1v) is 9.83. The van der Waals surface area contributed by atoms with E-state index in [4.69, 9.17) is 14.2 Å². The van der Waals surface area contributed by atoms with Gasteiger partial charge in [-0.25, -0.2) is 0 Å². The second kappa shape index (κ2) is 8.13. The van der Waals surface area contributed by atoms with Crippen molar-refractivity contribution in [2.45, 2.75) is 37.8 Å². The first-order valence-electron chi connectivity index (χ1n) is 9.83. The predicted molar refractivity (Wildman–Crippen MR) is 116 cm³/mol. The monoisotopic (exact) mass is 422 g/mol. The molecular weight excluding hydrogens is 396 g/mol. The van der Waals surface area contributed by atoms with Gasteiger partial charge in [-0.15, -0.1) is 0 Å². The largest absolute Gasteiger partial charge is 0.455 e. The van der Waals surface area contributed by atoms with Crippen LogP contribution in [0.4, 0.5) is 0 Å². The normalized spacial score (nSPS) is 19.6. The fraction of sp³-hybridized carbons (Fsp3) is 0.280. The van der Waals surface area contributed by atoms with Crippen molar-refractivity contribution in [3.63, 3.8) is 0 Å². The Morgan fingerprint density at radius 2 is 1.45 bits per heavy atom. The van der Waals surface area contributed by atoms with Gasteiger partial charge in [-0.05, 0) is 47.5 Å². The molecule has 1 aliphatic heterocycles. The van der Waals surface area contributed by atoms with Gasteiger partial charge in [0.2, 0.25) is 11.6 Å². The first-order chi connectivity index (χ1) is 14.5. The topological polar surface area (TPSA) is 85.4 Å². The van der Waals surface area contributed by atoms with Gasteiger partial charge in [-0.3, -0.25) is 9.59 Å². The van der Waals surface area contributed by atoms with E-state index < -0.39 is 17.4 Å². The number of rotatable bonds is 10. The molecule has 2 unspecified atom stereocenters. The number of hydrogen-bond acceptors (Lipinski definition) is 6. The lowest BCUT2D eigenvalue weighted by Crippen LogP contribution is -2.40. The van der Waals surface area contributed by atoms with E-state index >= 15 is 0 Å². The molecule has 0 radical (unpaired) electrons. The number of epoxide rings is 1. The Hall–Kier alpha value is -3.22. The Kier molecular flexibility index (Phi) is 5.89. The first kappa shape index (κ1) is 22.5. The maximum absolute atomic E-state index is 11.9. The summed E-state index contributed by atoms with van der Waals surface area (Å²) in [5.74, 6) is -3.22. The number of aliphatic hydroxyl groups is 1. The number of ketones is 2. The summed E-state index contributed by atoms with van der Waals surface area (Å²) in [7, 11) is 0. The molecule has 2 aromatic rings. The number of carbonyl (C=O) groups excluding carboxylic acids is 2. The van der Waals surface area contributed by atoms with Gasteiger partial charge in [0.25, 0.3) is 11.6 Å². The second-order valence-corrected chi connectivity index (χ2v) is 8.04. The highest BCUT2D eigenvalue weighted by Gasteiger charge is 2.54. The molecule has 6 heteroatoms. The van der Waals surface area contributed by atoms with E-state index in [0.717, 1.165) is 17.2 Å². The van der Waals surface area contributed by atoms with E-state index in [-0.39, 0.29) is 17.8 Å². The Labute approximate surface area is 181 Å². The SMILES string of the molecule is C=CC(=O)C(C)(O)Oc1ccc(C(C)(C)c2ccc(OC3(C(=O)C=C)CO3)cc2)cc1. The van der Waals surface area contributed by atoms with Crippen LogP contribution in [0.15, 0.2) is 73.8 Å². The van der Waals surface area contributed by atoms with Crippen LogP contribution < -0.4 is 9.47 Å². The lowest BCUT2D eigenvalue weighted by Gasteiger charge is -2.27. The molecular formula is C25H26O6. The van der Waals surface area contributed by atoms with Gasteiger partial charge in [-0.2, -0.15) is 0 Å². The smallest absolute Gasteiger partial charge is 0.298 e. The molecule has 2 atom stereocenters. The Morgan fingerprint density at radius 1 is 0.968 bits per heavy atom. The van der Waals surface area contributed by atoms with E-state index in [9.17, 15) is 14.7 Å². The van der Waals surface area contributed by atoms with E-state index in [1.807, 2.05) is 24.3 Å². The van der Waals surface area contributed by atoms with Crippen LogP contribution >= 0.6 is 0 Å². The highest BCUT2D eigenvalue weighted by atomic mass is 16.8. The van der Waals surface area contributed by atoms with Gasteiger partial charge in [0.15, 0.2) is 0 Å². The van der Waals surface area contributed by atoms with Crippen molar-refractivity contribution in [3.05, 3.63) is 85.0 Å². The maximum atomic E-state index is 11.9. The molecule has 1 saturated heterocycles. The quantitative estimate of drug-likeness (QED) is 0.357. The summed E-state index contributed by atoms with van der Waals surface area (Å²) in [5.41, 5.74) is 1.69. The third-order valence-corrected chi connectivity index (χ3v) is 5.36. The van der Waals surface area contributed by atoms with Gasteiger partial charge in [0.1, 0.15) is 18.1 Å². The summed E-state index contributed by atoms with van der Waals surface area (Å²) >= 11 is 0. The molecule has 0 aliphatic carbocycles. The minimum atomic E-state index is -1.97. The van der Waals surface area contributed by atoms with Crippen LogP contribution in [0.3, 0.4) is 0 Å². The molecule has 2 aromatic carbocycles. The second-order valence-electron chi connectivity index (χ2n) is 8.04. The fourth-order valence-electron chi connectivity index (χ4n) is 3.18. The molecule has 1 aliphatic rings. The number of hydrogen-bond donors (Lipinski definition) is 1. The number of benzene rings is 2. The molecule has 3 rings (SSSR count). The van der Waals surface area contributed by atoms with Crippen LogP contribution in [0.1, 0.15) is 31.9 Å². The zero-order chi connectivity index (χ0) is 22.9. The van der Waals surface area contributed by atoms with Crippen molar-refractivity contribution in [2.24, 2.45) is 0 Å². The molecule has 1 heterocycles. The van der Waals surface area contributed by atoms with Crippen LogP contribution in [-0.4, -0.2) is 34.9 Å². The van der Waals surface area contributed by atoms with Crippen LogP contribution in [0.2, 0.25) is 0 Å². The fourth-order valence-corrected chi connectivity index (χ4v) is 3.18. The van der Waals surface area contributed by atoms with Gasteiger partial charge in [0, 0.05) is 12.3 Å². The molecule has 162 valence electrons. The molecule has 1 fully saturated rings. The number of ether oxygens (including phenoxy) is 3. The Morgan fingerprint density at radius 3 is 1.87 bits per heavy atom. The standard InChI is InChI=1S/C25H26O6/c1-6-21(26)24(5,28)30-19-12-8-17(9-13-19)23(3,4)18-10-14-20(15-11-18)31-25(16-29-25)22(27)7-2/h6-15,28H,1-2,16H2,3-5H3. The van der Waals surface area contributed by atoms with Crippen molar-refractivity contribution >= 4 is 11.6 Å². The Bertz CT molecular complexity index is 926. The number of carbonyl (C=O) groups is 2. The molecule has 0 bridgehead atoms. The van der Waals surface area contributed by atoms with Crippen molar-refractivity contribution in [1.29, 1.82) is 0 Å². The third-order valence-electron chi connectivity index (χ3n) is 5.36.